The number of nitrogens with zero attached hydrogens (tertiary/aromatic N) is 3. The molecule has 0 radical (unpaired) electrons. The predicted octanol–water partition coefficient (Wildman–Crippen LogP) is 0.948. The van der Waals surface area contributed by atoms with Crippen LogP contribution in [0.4, 0.5) is 0 Å². The molecule has 3 rings (SSSR count). The lowest BCUT2D eigenvalue weighted by Crippen LogP contribution is -2.36. The minimum absolute atomic E-state index is 0.167. The van der Waals surface area contributed by atoms with Crippen molar-refractivity contribution in [2.75, 3.05) is 34.3 Å². The molecule has 1 saturated heterocycles. The van der Waals surface area contributed by atoms with Crippen LogP contribution in [0, 0.1) is 0 Å². The number of aromatic amines is 1. The zero-order valence-electron chi connectivity index (χ0n) is 14.6. The van der Waals surface area contributed by atoms with Gasteiger partial charge in [0.05, 0.1) is 13.3 Å². The summed E-state index contributed by atoms with van der Waals surface area (Å²) < 4.78 is 5.22. The number of carbonyl (C=O) groups is 1. The molecule has 1 N–H and O–H groups in total. The SMILES string of the molecule is COc1ccc([C@@H]2CN(C(=O)c3c[nH]c(=O)cn3)C[C@H]2N(C)C)cc1. The first-order chi connectivity index (χ1) is 12.0. The number of carbonyl (C=O) groups excluding carboxylic acids is 1. The van der Waals surface area contributed by atoms with Crippen molar-refractivity contribution in [3.05, 3.63) is 58.3 Å². The quantitative estimate of drug-likeness (QED) is 0.895. The van der Waals surface area contributed by atoms with Crippen LogP contribution in [0.3, 0.4) is 0 Å². The summed E-state index contributed by atoms with van der Waals surface area (Å²) in [6.07, 6.45) is 2.50. The Morgan fingerprint density at radius 1 is 1.28 bits per heavy atom. The highest BCUT2D eigenvalue weighted by atomic mass is 16.5. The van der Waals surface area contributed by atoms with Crippen molar-refractivity contribution in [1.29, 1.82) is 0 Å². The molecule has 0 aliphatic carbocycles. The minimum Gasteiger partial charge on any atom is -0.497 e. The second-order valence-corrected chi connectivity index (χ2v) is 6.42. The average Bonchev–Trinajstić information content (AvgIpc) is 3.07. The van der Waals surface area contributed by atoms with Gasteiger partial charge in [-0.15, -0.1) is 0 Å². The van der Waals surface area contributed by atoms with Gasteiger partial charge in [-0.05, 0) is 31.8 Å². The molecule has 2 aromatic rings. The molecule has 25 heavy (non-hydrogen) atoms. The summed E-state index contributed by atoms with van der Waals surface area (Å²) in [6, 6.07) is 8.19. The van der Waals surface area contributed by atoms with Crippen LogP contribution in [-0.4, -0.2) is 66.0 Å². The van der Waals surface area contributed by atoms with Gasteiger partial charge in [-0.25, -0.2) is 4.98 Å². The third-order valence-electron chi connectivity index (χ3n) is 4.67. The van der Waals surface area contributed by atoms with Crippen LogP contribution in [0.25, 0.3) is 0 Å². The molecule has 0 bridgehead atoms. The van der Waals surface area contributed by atoms with Crippen molar-refractivity contribution >= 4 is 5.91 Å². The summed E-state index contributed by atoms with van der Waals surface area (Å²) in [7, 11) is 5.69. The number of hydrogen-bond donors (Lipinski definition) is 1. The fourth-order valence-corrected chi connectivity index (χ4v) is 3.28. The Morgan fingerprint density at radius 3 is 2.56 bits per heavy atom. The van der Waals surface area contributed by atoms with Crippen molar-refractivity contribution in [1.82, 2.24) is 19.8 Å². The van der Waals surface area contributed by atoms with E-state index < -0.39 is 0 Å². The molecule has 0 unspecified atom stereocenters. The molecule has 7 heteroatoms. The summed E-state index contributed by atoms with van der Waals surface area (Å²) >= 11 is 0. The van der Waals surface area contributed by atoms with Crippen LogP contribution in [0.2, 0.25) is 0 Å². The fourth-order valence-electron chi connectivity index (χ4n) is 3.28. The lowest BCUT2D eigenvalue weighted by atomic mass is 9.93. The van der Waals surface area contributed by atoms with E-state index in [2.05, 4.69) is 14.9 Å². The molecule has 2 atom stereocenters. The third kappa shape index (κ3) is 3.56. The predicted molar refractivity (Wildman–Crippen MR) is 94.0 cm³/mol. The summed E-state index contributed by atoms with van der Waals surface area (Å²) in [6.45, 7) is 1.22. The lowest BCUT2D eigenvalue weighted by Gasteiger charge is -2.25. The van der Waals surface area contributed by atoms with Crippen molar-refractivity contribution in [3.8, 4) is 5.75 Å². The van der Waals surface area contributed by atoms with Gasteiger partial charge in [0.25, 0.3) is 11.5 Å². The molecule has 7 nitrogen and oxygen atoms in total. The zero-order valence-corrected chi connectivity index (χ0v) is 14.6. The molecular weight excluding hydrogens is 320 g/mol. The topological polar surface area (TPSA) is 78.5 Å². The van der Waals surface area contributed by atoms with E-state index in [9.17, 15) is 9.59 Å². The van der Waals surface area contributed by atoms with Crippen LogP contribution in [0.15, 0.2) is 41.5 Å². The summed E-state index contributed by atoms with van der Waals surface area (Å²) in [5.41, 5.74) is 1.11. The second kappa shape index (κ2) is 7.06. The van der Waals surface area contributed by atoms with Crippen LogP contribution >= 0.6 is 0 Å². The van der Waals surface area contributed by atoms with Gasteiger partial charge < -0.3 is 19.5 Å². The number of likely N-dealkylation sites (tertiary alicyclic amines) is 1. The molecule has 1 aliphatic rings. The third-order valence-corrected chi connectivity index (χ3v) is 4.67. The highest BCUT2D eigenvalue weighted by molar-refractivity contribution is 5.92. The smallest absolute Gasteiger partial charge is 0.274 e. The molecule has 1 amide bonds. The molecule has 0 spiro atoms. The molecule has 1 aromatic carbocycles. The number of aromatic nitrogens is 2. The van der Waals surface area contributed by atoms with Crippen LogP contribution in [0.5, 0.6) is 5.75 Å². The summed E-state index contributed by atoms with van der Waals surface area (Å²) in [4.78, 5) is 34.2. The zero-order chi connectivity index (χ0) is 18.0. The van der Waals surface area contributed by atoms with E-state index in [-0.39, 0.29) is 29.1 Å². The van der Waals surface area contributed by atoms with Crippen LogP contribution < -0.4 is 10.3 Å². The minimum atomic E-state index is -0.319. The van der Waals surface area contributed by atoms with Gasteiger partial charge in [0.1, 0.15) is 11.4 Å². The van der Waals surface area contributed by atoms with Gasteiger partial charge in [0, 0.05) is 31.2 Å². The number of hydrogen-bond acceptors (Lipinski definition) is 5. The number of rotatable bonds is 4. The molecule has 2 heterocycles. The van der Waals surface area contributed by atoms with E-state index in [0.717, 1.165) is 11.9 Å². The molecule has 0 saturated carbocycles. The maximum Gasteiger partial charge on any atom is 0.274 e. The van der Waals surface area contributed by atoms with Gasteiger partial charge >= 0.3 is 0 Å². The first-order valence-corrected chi connectivity index (χ1v) is 8.14. The number of nitrogens with one attached hydrogen (secondary N) is 1. The van der Waals surface area contributed by atoms with E-state index in [0.29, 0.717) is 13.1 Å². The molecule has 1 fully saturated rings. The summed E-state index contributed by atoms with van der Waals surface area (Å²) in [5.74, 6) is 0.847. The molecule has 1 aliphatic heterocycles. The van der Waals surface area contributed by atoms with Gasteiger partial charge in [0.2, 0.25) is 0 Å². The van der Waals surface area contributed by atoms with Crippen molar-refractivity contribution in [2.45, 2.75) is 12.0 Å². The van der Waals surface area contributed by atoms with E-state index >= 15 is 0 Å². The standard InChI is InChI=1S/C18H22N4O3/c1-21(2)16-11-22(18(24)15-8-20-17(23)9-19-15)10-14(16)12-4-6-13(25-3)7-5-12/h4-9,14,16H,10-11H2,1-3H3,(H,20,23)/t14-,16+/m0/s1. The Labute approximate surface area is 146 Å². The first kappa shape index (κ1) is 17.2. The first-order valence-electron chi connectivity index (χ1n) is 8.14. The highest BCUT2D eigenvalue weighted by Crippen LogP contribution is 2.31. The average molecular weight is 342 g/mol. The van der Waals surface area contributed by atoms with Crippen molar-refractivity contribution in [2.24, 2.45) is 0 Å². The Hall–Kier alpha value is -2.67. The van der Waals surface area contributed by atoms with Gasteiger partial charge in [-0.1, -0.05) is 12.1 Å². The largest absolute Gasteiger partial charge is 0.497 e. The molecule has 132 valence electrons. The Balaban J connectivity index is 1.83. The maximum atomic E-state index is 12.7. The second-order valence-electron chi connectivity index (χ2n) is 6.42. The normalized spacial score (nSPS) is 20.1. The maximum absolute atomic E-state index is 12.7. The number of benzene rings is 1. The van der Waals surface area contributed by atoms with E-state index in [1.807, 2.05) is 38.4 Å². The number of ether oxygens (including phenoxy) is 1. The van der Waals surface area contributed by atoms with E-state index in [1.165, 1.54) is 11.8 Å². The van der Waals surface area contributed by atoms with Gasteiger partial charge in [-0.2, -0.15) is 0 Å². The number of likely N-dealkylation sites (N-methyl/N-ethyl adjacent to an activating group) is 1. The fraction of sp³-hybridized carbons (Fsp3) is 0.389. The molecule has 1 aromatic heterocycles. The van der Waals surface area contributed by atoms with Crippen LogP contribution in [-0.2, 0) is 0 Å². The van der Waals surface area contributed by atoms with Crippen molar-refractivity contribution in [3.63, 3.8) is 0 Å². The highest BCUT2D eigenvalue weighted by Gasteiger charge is 2.38. The Kier molecular flexibility index (Phi) is 4.85. The van der Waals surface area contributed by atoms with Crippen molar-refractivity contribution < 1.29 is 9.53 Å². The number of H-pyrrole nitrogens is 1. The lowest BCUT2D eigenvalue weighted by molar-refractivity contribution is 0.0776. The molecular formula is C18H22N4O3. The monoisotopic (exact) mass is 342 g/mol. The Morgan fingerprint density at radius 2 is 2.00 bits per heavy atom. The number of methoxy groups -OCH3 is 1. The van der Waals surface area contributed by atoms with E-state index in [4.69, 9.17) is 4.74 Å². The number of amides is 1. The summed E-state index contributed by atoms with van der Waals surface area (Å²) in [5, 5.41) is 0. The van der Waals surface area contributed by atoms with E-state index in [1.54, 1.807) is 12.0 Å². The van der Waals surface area contributed by atoms with Crippen LogP contribution in [0.1, 0.15) is 22.0 Å². The van der Waals surface area contributed by atoms with Gasteiger partial charge in [-0.3, -0.25) is 9.59 Å². The van der Waals surface area contributed by atoms with Gasteiger partial charge in [0.15, 0.2) is 0 Å². The Bertz CT molecular complexity index is 780.